The molecule has 0 atom stereocenters. The van der Waals surface area contributed by atoms with E-state index in [1.165, 1.54) is 0 Å². The molecule has 0 amide bonds. The van der Waals surface area contributed by atoms with Crippen LogP contribution in [0.5, 0.6) is 0 Å². The van der Waals surface area contributed by atoms with Crippen LogP contribution in [-0.4, -0.2) is 39.9 Å². The van der Waals surface area contributed by atoms with Crippen molar-refractivity contribution >= 4 is 96.1 Å². The largest absolute Gasteiger partial charge is 0.434 e. The zero-order valence-corrected chi connectivity index (χ0v) is 22.6. The summed E-state index contributed by atoms with van der Waals surface area (Å²) in [5, 5.41) is 0.00418. The zero-order valence-electron chi connectivity index (χ0n) is 17.3. The summed E-state index contributed by atoms with van der Waals surface area (Å²) in [5.74, 6) is 0.476. The Hall–Kier alpha value is -2.67. The molecule has 6 aromatic rings. The van der Waals surface area contributed by atoms with Crippen molar-refractivity contribution in [3.8, 4) is 11.7 Å². The molecule has 0 saturated heterocycles. The Kier molecular flexibility index (Phi) is 8.83. The minimum absolute atomic E-state index is 0.000000000000000444. The summed E-state index contributed by atoms with van der Waals surface area (Å²) >= 11 is 30.5. The first-order chi connectivity index (χ1) is 17.3. The average Bonchev–Trinajstić information content (AvgIpc) is 3.41. The number of hydrogen-bond acceptors (Lipinski definition) is 10. The van der Waals surface area contributed by atoms with Crippen molar-refractivity contribution in [2.24, 2.45) is 0 Å². The molecule has 0 fully saturated rings. The van der Waals surface area contributed by atoms with Gasteiger partial charge in [-0.25, -0.2) is 9.97 Å². The van der Waals surface area contributed by atoms with E-state index in [4.69, 9.17) is 66.8 Å². The molecule has 2 aromatic carbocycles. The van der Waals surface area contributed by atoms with E-state index < -0.39 is 0 Å². The first kappa shape index (κ1) is 26.4. The second-order valence-corrected chi connectivity index (χ2v) is 8.63. The van der Waals surface area contributed by atoms with Crippen LogP contribution in [0.2, 0.25) is 26.4 Å². The molecule has 0 N–H and O–H groups in total. The highest BCUT2D eigenvalue weighted by Gasteiger charge is 2.13. The number of rotatable bonds is 1. The van der Waals surface area contributed by atoms with Gasteiger partial charge in [0.2, 0.25) is 32.2 Å². The van der Waals surface area contributed by atoms with Crippen molar-refractivity contribution in [1.82, 2.24) is 39.9 Å². The molecule has 4 heterocycles. The summed E-state index contributed by atoms with van der Waals surface area (Å²) in [6.45, 7) is 0. The maximum Gasteiger partial charge on any atom is 0.266 e. The van der Waals surface area contributed by atoms with E-state index in [0.29, 0.717) is 10.4 Å². The van der Waals surface area contributed by atoms with Crippen LogP contribution in [0.3, 0.4) is 0 Å². The summed E-state index contributed by atoms with van der Waals surface area (Å²) < 4.78 is 10.7. The quantitative estimate of drug-likeness (QED) is 0.178. The van der Waals surface area contributed by atoms with Crippen LogP contribution in [0.4, 0.5) is 0 Å². The predicted molar refractivity (Wildman–Crippen MR) is 139 cm³/mol. The van der Waals surface area contributed by atoms with Crippen LogP contribution in [0.25, 0.3) is 33.9 Å². The Morgan fingerprint density at radius 2 is 0.917 bits per heavy atom. The Labute approximate surface area is 235 Å². The maximum atomic E-state index is 5.68. The molecule has 0 saturated carbocycles. The van der Waals surface area contributed by atoms with E-state index in [1.807, 2.05) is 42.5 Å². The van der Waals surface area contributed by atoms with E-state index in [9.17, 15) is 0 Å². The van der Waals surface area contributed by atoms with Crippen molar-refractivity contribution in [1.29, 1.82) is 0 Å². The van der Waals surface area contributed by atoms with E-state index in [-0.39, 0.29) is 38.1 Å². The van der Waals surface area contributed by atoms with Crippen molar-refractivity contribution < 1.29 is 8.83 Å². The SMILES string of the molecule is Brc1nc2ccccc2o1.Clc1nc(Cl)nc(-c2nc3ccccc3o2)n1.Clc1nc(Cl)nc(Cl)n1. The fraction of sp³-hybridized carbons (Fsp3) is 0. The van der Waals surface area contributed by atoms with E-state index >= 15 is 0 Å². The minimum atomic E-state index is 0.000000000000000444. The number of hydrogen-bond donors (Lipinski definition) is 0. The molecule has 36 heavy (non-hydrogen) atoms. The molecular formula is C20H8BrCl5N8O2. The van der Waals surface area contributed by atoms with Gasteiger partial charge in [-0.3, -0.25) is 0 Å². The van der Waals surface area contributed by atoms with Gasteiger partial charge < -0.3 is 8.83 Å². The van der Waals surface area contributed by atoms with Crippen LogP contribution < -0.4 is 0 Å². The molecule has 16 heteroatoms. The topological polar surface area (TPSA) is 129 Å². The summed E-state index contributed by atoms with van der Waals surface area (Å²) in [4.78, 5) is 30.7. The van der Waals surface area contributed by atoms with Gasteiger partial charge in [0, 0.05) is 15.9 Å². The number of benzene rings is 2. The van der Waals surface area contributed by atoms with Crippen LogP contribution in [0.15, 0.2) is 62.2 Å². The van der Waals surface area contributed by atoms with Crippen LogP contribution in [0.1, 0.15) is 0 Å². The fourth-order valence-corrected chi connectivity index (χ4v) is 3.88. The summed E-state index contributed by atoms with van der Waals surface area (Å²) in [5.41, 5.74) is 3.06. The lowest BCUT2D eigenvalue weighted by molar-refractivity contribution is 0.570. The first-order valence-electron chi connectivity index (χ1n) is 9.43. The number of oxazole rings is 2. The van der Waals surface area contributed by atoms with Crippen molar-refractivity contribution in [2.75, 3.05) is 0 Å². The van der Waals surface area contributed by atoms with Gasteiger partial charge in [-0.05, 0) is 82.3 Å². The molecule has 0 aliphatic heterocycles. The summed E-state index contributed by atoms with van der Waals surface area (Å²) in [6, 6.07) is 15.0. The Bertz CT molecular complexity index is 1510. The van der Waals surface area contributed by atoms with Gasteiger partial charge in [0.1, 0.15) is 11.0 Å². The maximum absolute atomic E-state index is 5.68. The normalized spacial score (nSPS) is 10.5. The molecular weight excluding hydrogens is 641 g/mol. The van der Waals surface area contributed by atoms with Gasteiger partial charge in [-0.1, -0.05) is 24.3 Å². The Morgan fingerprint density at radius 1 is 0.500 bits per heavy atom. The number of nitrogens with zero attached hydrogens (tertiary/aromatic N) is 8. The van der Waals surface area contributed by atoms with Gasteiger partial charge in [-0.15, -0.1) is 0 Å². The predicted octanol–water partition coefficient (Wildman–Crippen LogP) is 7.41. The third-order valence-electron chi connectivity index (χ3n) is 3.89. The first-order valence-corrected chi connectivity index (χ1v) is 12.1. The van der Waals surface area contributed by atoms with Gasteiger partial charge in [0.25, 0.3) is 10.7 Å². The molecule has 0 bridgehead atoms. The number of fused-ring (bicyclic) bond motifs is 2. The van der Waals surface area contributed by atoms with Crippen molar-refractivity contribution in [3.63, 3.8) is 0 Å². The van der Waals surface area contributed by atoms with Crippen LogP contribution in [0, 0.1) is 0 Å². The van der Waals surface area contributed by atoms with Gasteiger partial charge >= 0.3 is 0 Å². The van der Waals surface area contributed by atoms with E-state index in [1.54, 1.807) is 6.07 Å². The highest BCUT2D eigenvalue weighted by Crippen LogP contribution is 2.22. The average molecular weight is 650 g/mol. The fourth-order valence-electron chi connectivity index (χ4n) is 2.54. The lowest BCUT2D eigenvalue weighted by atomic mass is 10.3. The van der Waals surface area contributed by atoms with Crippen molar-refractivity contribution in [3.05, 3.63) is 79.7 Å². The van der Waals surface area contributed by atoms with Gasteiger partial charge in [0.05, 0.1) is 0 Å². The number of para-hydroxylation sites is 4. The monoisotopic (exact) mass is 646 g/mol. The molecule has 0 aliphatic carbocycles. The molecule has 182 valence electrons. The van der Waals surface area contributed by atoms with Crippen LogP contribution >= 0.6 is 73.9 Å². The zero-order chi connectivity index (χ0) is 25.7. The van der Waals surface area contributed by atoms with Gasteiger partial charge in [0.15, 0.2) is 11.2 Å². The molecule has 6 rings (SSSR count). The molecule has 0 spiro atoms. The second-order valence-electron chi connectivity index (χ2n) is 6.26. The standard InChI is InChI=1S/C10H4Cl2N4O.C7H4BrNO.C3Cl3N3/c11-9-14-7(15-10(12)16-9)8-13-5-3-1-2-4-6(5)17-8;8-7-9-5-3-1-2-4-6(5)10-7;4-1-7-2(5)9-3(6)8-1/h1-4H;1-4H;. The second kappa shape index (κ2) is 12.0. The Morgan fingerprint density at radius 3 is 1.39 bits per heavy atom. The van der Waals surface area contributed by atoms with E-state index in [2.05, 4.69) is 55.8 Å². The highest BCUT2D eigenvalue weighted by atomic mass is 79.9. The van der Waals surface area contributed by atoms with Gasteiger partial charge in [-0.2, -0.15) is 29.9 Å². The Balaban J connectivity index is 0.000000137. The van der Waals surface area contributed by atoms with Crippen molar-refractivity contribution in [2.45, 2.75) is 0 Å². The van der Waals surface area contributed by atoms with Crippen LogP contribution in [-0.2, 0) is 0 Å². The minimum Gasteiger partial charge on any atom is -0.434 e. The summed E-state index contributed by atoms with van der Waals surface area (Å²) in [7, 11) is 0. The smallest absolute Gasteiger partial charge is 0.266 e. The molecule has 0 radical (unpaired) electrons. The molecule has 10 nitrogen and oxygen atoms in total. The molecule has 4 aromatic heterocycles. The number of aromatic nitrogens is 8. The lowest BCUT2D eigenvalue weighted by Gasteiger charge is -1.94. The summed E-state index contributed by atoms with van der Waals surface area (Å²) in [6.07, 6.45) is 0. The third-order valence-corrected chi connectivity index (χ3v) is 5.07. The molecule has 0 unspecified atom stereocenters. The van der Waals surface area contributed by atoms with E-state index in [0.717, 1.165) is 16.6 Å². The lowest BCUT2D eigenvalue weighted by Crippen LogP contribution is -1.93. The highest BCUT2D eigenvalue weighted by molar-refractivity contribution is 9.10. The molecule has 0 aliphatic rings. The third kappa shape index (κ3) is 7.19. The number of halogens is 6.